The van der Waals surface area contributed by atoms with Gasteiger partial charge in [-0.1, -0.05) is 30.3 Å². The fourth-order valence-corrected chi connectivity index (χ4v) is 2.31. The zero-order valence-corrected chi connectivity index (χ0v) is 14.7. The number of esters is 1. The lowest BCUT2D eigenvalue weighted by molar-refractivity contribution is -0.142. The average Bonchev–Trinajstić information content (AvgIpc) is 3.20. The number of methoxy groups -OCH3 is 1. The molecule has 0 saturated carbocycles. The Balaban J connectivity index is 1.48. The number of aryl methyl sites for hydroxylation is 1. The van der Waals surface area contributed by atoms with Crippen molar-refractivity contribution >= 4 is 11.8 Å². The highest BCUT2D eigenvalue weighted by molar-refractivity contribution is 5.97. The third-order valence-electron chi connectivity index (χ3n) is 3.78. The van der Waals surface area contributed by atoms with Gasteiger partial charge < -0.3 is 9.47 Å². The van der Waals surface area contributed by atoms with Gasteiger partial charge in [0, 0.05) is 11.1 Å². The van der Waals surface area contributed by atoms with Crippen molar-refractivity contribution in [2.75, 3.05) is 13.7 Å². The molecule has 0 saturated heterocycles. The maximum absolute atomic E-state index is 11.9. The first-order chi connectivity index (χ1) is 13.2. The van der Waals surface area contributed by atoms with Crippen LogP contribution in [0.2, 0.25) is 0 Å². The number of ether oxygens (including phenoxy) is 2. The number of Topliss-reactive ketones (excluding diaryl/α,β-unsaturated/α-hetero) is 1. The van der Waals surface area contributed by atoms with Gasteiger partial charge in [0.2, 0.25) is 5.82 Å². The summed E-state index contributed by atoms with van der Waals surface area (Å²) >= 11 is 0. The van der Waals surface area contributed by atoms with Crippen LogP contribution in [0.4, 0.5) is 0 Å². The molecule has 0 radical (unpaired) electrons. The van der Waals surface area contributed by atoms with Crippen molar-refractivity contribution in [1.29, 1.82) is 0 Å². The molecule has 0 amide bonds. The first kappa shape index (κ1) is 18.2. The van der Waals surface area contributed by atoms with Crippen molar-refractivity contribution < 1.29 is 19.1 Å². The molecule has 1 heterocycles. The van der Waals surface area contributed by atoms with Crippen LogP contribution in [-0.2, 0) is 16.1 Å². The molecular weight excluding hydrogens is 348 g/mol. The van der Waals surface area contributed by atoms with Gasteiger partial charge in [-0.2, -0.15) is 4.80 Å². The predicted octanol–water partition coefficient (Wildman–Crippen LogP) is 2.16. The van der Waals surface area contributed by atoms with Crippen LogP contribution in [-0.4, -0.2) is 45.7 Å². The molecule has 8 nitrogen and oxygen atoms in total. The molecular formula is C19H18N4O4. The minimum absolute atomic E-state index is 0.0421. The molecule has 0 spiro atoms. The van der Waals surface area contributed by atoms with Gasteiger partial charge in [-0.15, -0.1) is 10.2 Å². The smallest absolute Gasteiger partial charge is 0.308 e. The van der Waals surface area contributed by atoms with Gasteiger partial charge in [0.25, 0.3) is 0 Å². The minimum Gasteiger partial charge on any atom is -0.497 e. The number of aromatic nitrogens is 4. The Morgan fingerprint density at radius 2 is 1.78 bits per heavy atom. The van der Waals surface area contributed by atoms with Gasteiger partial charge in [-0.3, -0.25) is 9.59 Å². The highest BCUT2D eigenvalue weighted by atomic mass is 16.5. The SMILES string of the molecule is COc1ccc(-c2nnn(CCC(=O)OCC(=O)c3ccccc3)n2)cc1. The van der Waals surface area contributed by atoms with Crippen LogP contribution in [0.25, 0.3) is 11.4 Å². The van der Waals surface area contributed by atoms with E-state index in [1.54, 1.807) is 43.5 Å². The zero-order valence-electron chi connectivity index (χ0n) is 14.7. The molecule has 0 aliphatic carbocycles. The van der Waals surface area contributed by atoms with Gasteiger partial charge in [0.1, 0.15) is 5.75 Å². The number of hydrogen-bond acceptors (Lipinski definition) is 7. The van der Waals surface area contributed by atoms with Crippen molar-refractivity contribution in [3.63, 3.8) is 0 Å². The van der Waals surface area contributed by atoms with E-state index in [1.165, 1.54) is 4.80 Å². The molecule has 0 aliphatic heterocycles. The molecule has 8 heteroatoms. The second-order valence-electron chi connectivity index (χ2n) is 5.64. The summed E-state index contributed by atoms with van der Waals surface area (Å²) in [5.74, 6) is 0.441. The molecule has 0 aliphatic rings. The number of hydrogen-bond donors (Lipinski definition) is 0. The predicted molar refractivity (Wildman–Crippen MR) is 96.2 cm³/mol. The van der Waals surface area contributed by atoms with Crippen LogP contribution in [0.3, 0.4) is 0 Å². The molecule has 0 N–H and O–H groups in total. The largest absolute Gasteiger partial charge is 0.497 e. The summed E-state index contributed by atoms with van der Waals surface area (Å²) in [5.41, 5.74) is 1.30. The van der Waals surface area contributed by atoms with Crippen molar-refractivity contribution in [1.82, 2.24) is 20.2 Å². The van der Waals surface area contributed by atoms with Gasteiger partial charge in [0.05, 0.1) is 20.1 Å². The second kappa shape index (κ2) is 8.70. The lowest BCUT2D eigenvalue weighted by Gasteiger charge is -2.04. The first-order valence-corrected chi connectivity index (χ1v) is 8.32. The molecule has 0 unspecified atom stereocenters. The number of carbonyl (C=O) groups excluding carboxylic acids is 2. The van der Waals surface area contributed by atoms with E-state index in [4.69, 9.17) is 9.47 Å². The van der Waals surface area contributed by atoms with Crippen LogP contribution >= 0.6 is 0 Å². The highest BCUT2D eigenvalue weighted by Gasteiger charge is 2.11. The maximum atomic E-state index is 11.9. The summed E-state index contributed by atoms with van der Waals surface area (Å²) in [4.78, 5) is 25.0. The molecule has 3 rings (SSSR count). The molecule has 27 heavy (non-hydrogen) atoms. The number of rotatable bonds is 8. The Bertz CT molecular complexity index is 907. The van der Waals surface area contributed by atoms with E-state index in [1.807, 2.05) is 18.2 Å². The number of nitrogens with zero attached hydrogens (tertiary/aromatic N) is 4. The maximum Gasteiger partial charge on any atom is 0.308 e. The first-order valence-electron chi connectivity index (χ1n) is 8.32. The fraction of sp³-hybridized carbons (Fsp3) is 0.211. The number of tetrazole rings is 1. The summed E-state index contributed by atoms with van der Waals surface area (Å²) in [6.07, 6.45) is 0.0421. The van der Waals surface area contributed by atoms with Crippen molar-refractivity contribution in [3.05, 3.63) is 60.2 Å². The molecule has 138 valence electrons. The normalized spacial score (nSPS) is 10.4. The van der Waals surface area contributed by atoms with E-state index >= 15 is 0 Å². The molecule has 0 atom stereocenters. The van der Waals surface area contributed by atoms with Gasteiger partial charge >= 0.3 is 5.97 Å². The Kier molecular flexibility index (Phi) is 5.88. The Labute approximate surface area is 155 Å². The minimum atomic E-state index is -0.498. The molecule has 0 fully saturated rings. The third kappa shape index (κ3) is 4.97. The van der Waals surface area contributed by atoms with Gasteiger partial charge in [-0.05, 0) is 29.5 Å². The number of ketones is 1. The Morgan fingerprint density at radius 3 is 2.48 bits per heavy atom. The van der Waals surface area contributed by atoms with Gasteiger partial charge in [-0.25, -0.2) is 0 Å². The third-order valence-corrected chi connectivity index (χ3v) is 3.78. The zero-order chi connectivity index (χ0) is 19.1. The Morgan fingerprint density at radius 1 is 1.04 bits per heavy atom. The van der Waals surface area contributed by atoms with Crippen molar-refractivity contribution in [3.8, 4) is 17.1 Å². The number of benzene rings is 2. The second-order valence-corrected chi connectivity index (χ2v) is 5.64. The van der Waals surface area contributed by atoms with Crippen LogP contribution in [0.1, 0.15) is 16.8 Å². The number of carbonyl (C=O) groups is 2. The lowest BCUT2D eigenvalue weighted by atomic mass is 10.1. The molecule has 2 aromatic carbocycles. The quantitative estimate of drug-likeness (QED) is 0.445. The van der Waals surface area contributed by atoms with Crippen molar-refractivity contribution in [2.45, 2.75) is 13.0 Å². The fourth-order valence-electron chi connectivity index (χ4n) is 2.31. The monoisotopic (exact) mass is 366 g/mol. The molecule has 0 bridgehead atoms. The average molecular weight is 366 g/mol. The van der Waals surface area contributed by atoms with E-state index in [-0.39, 0.29) is 25.4 Å². The summed E-state index contributed by atoms with van der Waals surface area (Å²) < 4.78 is 10.1. The molecule has 3 aromatic rings. The lowest BCUT2D eigenvalue weighted by Crippen LogP contribution is -2.16. The summed E-state index contributed by atoms with van der Waals surface area (Å²) in [6.45, 7) is -0.0771. The van der Waals surface area contributed by atoms with E-state index in [9.17, 15) is 9.59 Å². The van der Waals surface area contributed by atoms with Crippen LogP contribution in [0.5, 0.6) is 5.75 Å². The summed E-state index contributed by atoms with van der Waals surface area (Å²) in [7, 11) is 1.59. The summed E-state index contributed by atoms with van der Waals surface area (Å²) in [6, 6.07) is 15.9. The van der Waals surface area contributed by atoms with Gasteiger partial charge in [0.15, 0.2) is 12.4 Å². The van der Waals surface area contributed by atoms with Crippen LogP contribution in [0.15, 0.2) is 54.6 Å². The summed E-state index contributed by atoms with van der Waals surface area (Å²) in [5, 5.41) is 12.1. The molecule has 1 aromatic heterocycles. The highest BCUT2D eigenvalue weighted by Crippen LogP contribution is 2.18. The van der Waals surface area contributed by atoms with E-state index in [2.05, 4.69) is 15.4 Å². The van der Waals surface area contributed by atoms with E-state index in [0.29, 0.717) is 11.4 Å². The van der Waals surface area contributed by atoms with E-state index in [0.717, 1.165) is 11.3 Å². The van der Waals surface area contributed by atoms with Crippen molar-refractivity contribution in [2.24, 2.45) is 0 Å². The van der Waals surface area contributed by atoms with Crippen LogP contribution < -0.4 is 4.74 Å². The Hall–Kier alpha value is -3.55. The topological polar surface area (TPSA) is 96.2 Å². The standard InChI is InChI=1S/C19H18N4O4/c1-26-16-9-7-15(8-10-16)19-20-22-23(21-19)12-11-18(25)27-13-17(24)14-5-3-2-4-6-14/h2-10H,11-13H2,1H3. The van der Waals surface area contributed by atoms with Crippen LogP contribution in [0, 0.1) is 0 Å². The van der Waals surface area contributed by atoms with E-state index < -0.39 is 5.97 Å².